The van der Waals surface area contributed by atoms with Crippen LogP contribution in [0.3, 0.4) is 0 Å². The molecule has 0 radical (unpaired) electrons. The lowest BCUT2D eigenvalue weighted by Gasteiger charge is -2.25. The van der Waals surface area contributed by atoms with Crippen LogP contribution >= 0.6 is 0 Å². The highest BCUT2D eigenvalue weighted by Gasteiger charge is 2.21. The van der Waals surface area contributed by atoms with Crippen molar-refractivity contribution in [2.24, 2.45) is 11.7 Å². The van der Waals surface area contributed by atoms with E-state index in [4.69, 9.17) is 16.3 Å². The fraction of sp³-hybridized carbons (Fsp3) is 0.750. The SMILES string of the molecule is CCCC(CN)C(=O)N(CCC#N)CCC#N. The number of amides is 1. The van der Waals surface area contributed by atoms with Gasteiger partial charge < -0.3 is 10.6 Å². The first-order valence-electron chi connectivity index (χ1n) is 5.94. The Morgan fingerprint density at radius 1 is 1.29 bits per heavy atom. The lowest BCUT2D eigenvalue weighted by Crippen LogP contribution is -2.40. The van der Waals surface area contributed by atoms with Gasteiger partial charge in [0, 0.05) is 19.6 Å². The van der Waals surface area contributed by atoms with Gasteiger partial charge in [-0.1, -0.05) is 13.3 Å². The van der Waals surface area contributed by atoms with E-state index >= 15 is 0 Å². The van der Waals surface area contributed by atoms with E-state index in [1.807, 2.05) is 19.1 Å². The van der Waals surface area contributed by atoms with Crippen molar-refractivity contribution in [3.8, 4) is 12.1 Å². The number of nitrogens with two attached hydrogens (primary N) is 1. The second-order valence-electron chi connectivity index (χ2n) is 3.86. The number of carbonyl (C=O) groups excluding carboxylic acids is 1. The molecule has 0 heterocycles. The van der Waals surface area contributed by atoms with Gasteiger partial charge in [0.15, 0.2) is 0 Å². The van der Waals surface area contributed by atoms with Crippen molar-refractivity contribution in [1.82, 2.24) is 4.90 Å². The molecule has 0 saturated heterocycles. The molecule has 0 saturated carbocycles. The first-order chi connectivity index (χ1) is 8.21. The van der Waals surface area contributed by atoms with Crippen molar-refractivity contribution in [3.63, 3.8) is 0 Å². The highest BCUT2D eigenvalue weighted by Crippen LogP contribution is 2.10. The lowest BCUT2D eigenvalue weighted by atomic mass is 10.0. The summed E-state index contributed by atoms with van der Waals surface area (Å²) in [6, 6.07) is 4.02. The molecule has 17 heavy (non-hydrogen) atoms. The molecule has 1 amide bonds. The zero-order valence-electron chi connectivity index (χ0n) is 10.4. The molecule has 0 rings (SSSR count). The molecule has 0 aliphatic heterocycles. The number of nitriles is 2. The van der Waals surface area contributed by atoms with Gasteiger partial charge in [0.2, 0.25) is 5.91 Å². The maximum Gasteiger partial charge on any atom is 0.227 e. The Labute approximate surface area is 103 Å². The highest BCUT2D eigenvalue weighted by molar-refractivity contribution is 5.79. The average molecular weight is 236 g/mol. The van der Waals surface area contributed by atoms with Crippen LogP contribution in [0, 0.1) is 28.6 Å². The lowest BCUT2D eigenvalue weighted by molar-refractivity contribution is -0.135. The normalized spacial score (nSPS) is 11.3. The van der Waals surface area contributed by atoms with Crippen LogP contribution in [0.5, 0.6) is 0 Å². The third-order valence-corrected chi connectivity index (χ3v) is 2.57. The summed E-state index contributed by atoms with van der Waals surface area (Å²) in [5, 5.41) is 17.1. The number of hydrogen-bond acceptors (Lipinski definition) is 4. The smallest absolute Gasteiger partial charge is 0.227 e. The fourth-order valence-electron chi connectivity index (χ4n) is 1.65. The van der Waals surface area contributed by atoms with Gasteiger partial charge in [0.25, 0.3) is 0 Å². The van der Waals surface area contributed by atoms with Crippen molar-refractivity contribution in [2.75, 3.05) is 19.6 Å². The zero-order chi connectivity index (χ0) is 13.1. The molecular formula is C12H20N4O. The minimum absolute atomic E-state index is 0.0279. The van der Waals surface area contributed by atoms with E-state index in [2.05, 4.69) is 0 Å². The highest BCUT2D eigenvalue weighted by atomic mass is 16.2. The minimum atomic E-state index is -0.183. The number of nitrogens with zero attached hydrogens (tertiary/aromatic N) is 3. The van der Waals surface area contributed by atoms with Gasteiger partial charge >= 0.3 is 0 Å². The standard InChI is InChI=1S/C12H20N4O/c1-2-5-11(10-15)12(17)16(8-3-6-13)9-4-7-14/h11H,2-5,8-10,15H2,1H3. The Balaban J connectivity index is 4.48. The average Bonchev–Trinajstić information content (AvgIpc) is 2.35. The Bertz CT molecular complexity index is 285. The predicted octanol–water partition coefficient (Wildman–Crippen LogP) is 1.02. The molecule has 0 aromatic heterocycles. The molecule has 0 fully saturated rings. The summed E-state index contributed by atoms with van der Waals surface area (Å²) in [5.74, 6) is -0.211. The predicted molar refractivity (Wildman–Crippen MR) is 64.5 cm³/mol. The molecule has 0 aliphatic rings. The Morgan fingerprint density at radius 2 is 1.82 bits per heavy atom. The summed E-state index contributed by atoms with van der Waals surface area (Å²) in [5.41, 5.74) is 5.58. The second kappa shape index (κ2) is 9.62. The Hall–Kier alpha value is -1.59. The molecule has 0 spiro atoms. The van der Waals surface area contributed by atoms with Gasteiger partial charge in [-0.05, 0) is 6.42 Å². The minimum Gasteiger partial charge on any atom is -0.340 e. The summed E-state index contributed by atoms with van der Waals surface area (Å²) in [4.78, 5) is 13.7. The van der Waals surface area contributed by atoms with Gasteiger partial charge in [-0.2, -0.15) is 10.5 Å². The molecule has 0 aromatic rings. The van der Waals surface area contributed by atoms with Crippen LogP contribution in [0.2, 0.25) is 0 Å². The fourth-order valence-corrected chi connectivity index (χ4v) is 1.65. The van der Waals surface area contributed by atoms with Gasteiger partial charge in [-0.15, -0.1) is 0 Å². The van der Waals surface area contributed by atoms with Crippen LogP contribution in [0.15, 0.2) is 0 Å². The molecule has 0 aliphatic carbocycles. The van der Waals surface area contributed by atoms with Crippen LogP contribution in [0.4, 0.5) is 0 Å². The zero-order valence-corrected chi connectivity index (χ0v) is 10.4. The van der Waals surface area contributed by atoms with Crippen molar-refractivity contribution in [1.29, 1.82) is 10.5 Å². The molecule has 5 nitrogen and oxygen atoms in total. The number of rotatable bonds is 8. The summed E-state index contributed by atoms with van der Waals surface area (Å²) >= 11 is 0. The van der Waals surface area contributed by atoms with E-state index in [-0.39, 0.29) is 11.8 Å². The maximum absolute atomic E-state index is 12.1. The summed E-state index contributed by atoms with van der Waals surface area (Å²) < 4.78 is 0. The second-order valence-corrected chi connectivity index (χ2v) is 3.86. The summed E-state index contributed by atoms with van der Waals surface area (Å²) in [6.45, 7) is 3.10. The van der Waals surface area contributed by atoms with Crippen LogP contribution in [0.25, 0.3) is 0 Å². The van der Waals surface area contributed by atoms with Crippen LogP contribution in [-0.4, -0.2) is 30.4 Å². The van der Waals surface area contributed by atoms with E-state index < -0.39 is 0 Å². The first-order valence-corrected chi connectivity index (χ1v) is 5.94. The molecule has 0 bridgehead atoms. The van der Waals surface area contributed by atoms with Crippen molar-refractivity contribution < 1.29 is 4.79 Å². The van der Waals surface area contributed by atoms with E-state index in [0.29, 0.717) is 32.5 Å². The van der Waals surface area contributed by atoms with Gasteiger partial charge in [-0.3, -0.25) is 4.79 Å². The molecule has 5 heteroatoms. The van der Waals surface area contributed by atoms with Gasteiger partial charge in [-0.25, -0.2) is 0 Å². The number of hydrogen-bond donors (Lipinski definition) is 1. The van der Waals surface area contributed by atoms with E-state index in [1.54, 1.807) is 4.90 Å². The molecule has 1 atom stereocenters. The maximum atomic E-state index is 12.1. The first kappa shape index (κ1) is 15.4. The largest absolute Gasteiger partial charge is 0.340 e. The van der Waals surface area contributed by atoms with Crippen molar-refractivity contribution >= 4 is 5.91 Å². The quantitative estimate of drug-likeness (QED) is 0.680. The molecular weight excluding hydrogens is 216 g/mol. The third kappa shape index (κ3) is 5.89. The molecule has 94 valence electrons. The molecule has 2 N–H and O–H groups in total. The third-order valence-electron chi connectivity index (χ3n) is 2.57. The number of carbonyl (C=O) groups is 1. The summed E-state index contributed by atoms with van der Waals surface area (Å²) in [6.07, 6.45) is 2.24. The van der Waals surface area contributed by atoms with E-state index in [0.717, 1.165) is 12.8 Å². The van der Waals surface area contributed by atoms with Crippen LogP contribution in [-0.2, 0) is 4.79 Å². The molecule has 0 aromatic carbocycles. The van der Waals surface area contributed by atoms with Crippen LogP contribution < -0.4 is 5.73 Å². The van der Waals surface area contributed by atoms with E-state index in [9.17, 15) is 4.79 Å². The van der Waals surface area contributed by atoms with Crippen molar-refractivity contribution in [2.45, 2.75) is 32.6 Å². The van der Waals surface area contributed by atoms with Gasteiger partial charge in [0.1, 0.15) is 0 Å². The van der Waals surface area contributed by atoms with E-state index in [1.165, 1.54) is 0 Å². The topological polar surface area (TPSA) is 93.9 Å². The van der Waals surface area contributed by atoms with Crippen LogP contribution in [0.1, 0.15) is 32.6 Å². The van der Waals surface area contributed by atoms with Gasteiger partial charge in [0.05, 0.1) is 30.9 Å². The van der Waals surface area contributed by atoms with Crippen molar-refractivity contribution in [3.05, 3.63) is 0 Å². The molecule has 1 unspecified atom stereocenters. The summed E-state index contributed by atoms with van der Waals surface area (Å²) in [7, 11) is 0. The monoisotopic (exact) mass is 236 g/mol. The Kier molecular flexibility index (Phi) is 8.72. The Morgan fingerprint density at radius 3 is 2.18 bits per heavy atom.